The summed E-state index contributed by atoms with van der Waals surface area (Å²) >= 11 is 0. The highest BCUT2D eigenvalue weighted by Crippen LogP contribution is 2.16. The Bertz CT molecular complexity index is 670. The summed E-state index contributed by atoms with van der Waals surface area (Å²) in [4.78, 5) is 14.0. The van der Waals surface area contributed by atoms with Gasteiger partial charge in [-0.1, -0.05) is 48.0 Å². The quantitative estimate of drug-likeness (QED) is 0.849. The Balaban J connectivity index is 2.05. The number of carbonyl (C=O) groups is 1. The predicted molar refractivity (Wildman–Crippen MR) is 92.3 cm³/mol. The Morgan fingerprint density at radius 2 is 1.82 bits per heavy atom. The molecule has 0 fully saturated rings. The van der Waals surface area contributed by atoms with Crippen LogP contribution in [0, 0.1) is 6.92 Å². The lowest BCUT2D eigenvalue weighted by Crippen LogP contribution is -2.37. The van der Waals surface area contributed by atoms with Crippen molar-refractivity contribution in [2.24, 2.45) is 0 Å². The van der Waals surface area contributed by atoms with E-state index in [1.165, 1.54) is 0 Å². The van der Waals surface area contributed by atoms with Gasteiger partial charge in [-0.05, 0) is 31.5 Å². The molecular weight excluding hydrogens is 294 g/mol. The summed E-state index contributed by atoms with van der Waals surface area (Å²) < 4.78 is 12.5. The van der Waals surface area contributed by atoms with E-state index in [0.29, 0.717) is 5.75 Å². The Kier molecular flexibility index (Phi) is 5.50. The van der Waals surface area contributed by atoms with Crippen LogP contribution >= 0.6 is 0 Å². The van der Waals surface area contributed by atoms with Gasteiger partial charge >= 0.3 is 0 Å². The number of carbonyl (C=O) groups excluding carboxylic acids is 1. The topological polar surface area (TPSA) is 37.4 Å². The highest BCUT2D eigenvalue weighted by Gasteiger charge is 2.24. The molecular formula is C18H21NO2S. The lowest BCUT2D eigenvalue weighted by Gasteiger charge is -2.21. The molecule has 0 aromatic heterocycles. The second kappa shape index (κ2) is 7.36. The molecule has 2 aromatic rings. The average molecular weight is 315 g/mol. The molecule has 1 amide bonds. The van der Waals surface area contributed by atoms with Crippen molar-refractivity contribution in [3.63, 3.8) is 0 Å². The highest BCUT2D eigenvalue weighted by molar-refractivity contribution is 7.85. The molecule has 2 aromatic carbocycles. The molecule has 4 heteroatoms. The predicted octanol–water partition coefficient (Wildman–Crippen LogP) is 3.30. The van der Waals surface area contributed by atoms with Crippen molar-refractivity contribution in [2.75, 3.05) is 11.9 Å². The maximum atomic E-state index is 12.5. The monoisotopic (exact) mass is 315 g/mol. The number of benzene rings is 2. The van der Waals surface area contributed by atoms with E-state index in [1.807, 2.05) is 61.5 Å². The fraction of sp³-hybridized carbons (Fsp3) is 0.278. The van der Waals surface area contributed by atoms with Crippen LogP contribution in [0.25, 0.3) is 0 Å². The molecule has 2 atom stereocenters. The largest absolute Gasteiger partial charge is 0.314 e. The van der Waals surface area contributed by atoms with Crippen LogP contribution in [0.1, 0.15) is 18.1 Å². The number of aryl methyl sites for hydroxylation is 1. The van der Waals surface area contributed by atoms with E-state index in [0.717, 1.165) is 16.8 Å². The van der Waals surface area contributed by atoms with Gasteiger partial charge in [-0.25, -0.2) is 0 Å². The van der Waals surface area contributed by atoms with Crippen molar-refractivity contribution in [3.8, 4) is 0 Å². The summed E-state index contributed by atoms with van der Waals surface area (Å²) in [6.45, 7) is 3.73. The fourth-order valence-corrected chi connectivity index (χ4v) is 3.40. The summed E-state index contributed by atoms with van der Waals surface area (Å²) in [5, 5.41) is -0.536. The molecule has 0 aliphatic heterocycles. The van der Waals surface area contributed by atoms with Gasteiger partial charge < -0.3 is 4.90 Å². The molecule has 116 valence electrons. The Hall–Kier alpha value is -1.94. The minimum absolute atomic E-state index is 0.128. The maximum absolute atomic E-state index is 12.5. The van der Waals surface area contributed by atoms with Crippen molar-refractivity contribution < 1.29 is 9.00 Å². The van der Waals surface area contributed by atoms with Crippen LogP contribution in [-0.2, 0) is 21.3 Å². The van der Waals surface area contributed by atoms with Crippen molar-refractivity contribution in [3.05, 3.63) is 65.7 Å². The Morgan fingerprint density at radius 3 is 2.45 bits per heavy atom. The van der Waals surface area contributed by atoms with E-state index in [9.17, 15) is 9.00 Å². The lowest BCUT2D eigenvalue weighted by atomic mass is 10.2. The SMILES string of the molecule is Cc1cccc(C[S@@](=O)[C@@H](C)C(=O)N(C)c2ccccc2)c1. The number of hydrogen-bond acceptors (Lipinski definition) is 2. The molecule has 0 saturated carbocycles. The van der Waals surface area contributed by atoms with E-state index in [1.54, 1.807) is 18.9 Å². The van der Waals surface area contributed by atoms with Crippen LogP contribution in [0.4, 0.5) is 5.69 Å². The minimum atomic E-state index is -1.24. The van der Waals surface area contributed by atoms with Gasteiger partial charge in [-0.2, -0.15) is 0 Å². The van der Waals surface area contributed by atoms with Crippen molar-refractivity contribution >= 4 is 22.4 Å². The molecule has 0 N–H and O–H groups in total. The zero-order valence-corrected chi connectivity index (χ0v) is 14.0. The summed E-state index contributed by atoms with van der Waals surface area (Å²) in [6.07, 6.45) is 0. The molecule has 0 aliphatic carbocycles. The summed E-state index contributed by atoms with van der Waals surface area (Å²) in [5.74, 6) is 0.272. The zero-order valence-electron chi connectivity index (χ0n) is 13.2. The maximum Gasteiger partial charge on any atom is 0.242 e. The van der Waals surface area contributed by atoms with Gasteiger partial charge in [0.1, 0.15) is 5.25 Å². The number of nitrogens with zero attached hydrogens (tertiary/aromatic N) is 1. The van der Waals surface area contributed by atoms with Gasteiger partial charge in [-0.15, -0.1) is 0 Å². The standard InChI is InChI=1S/C18H21NO2S/c1-14-8-7-9-16(12-14)13-22(21)15(2)18(20)19(3)17-10-5-4-6-11-17/h4-12,15H,13H2,1-3H3/t15-,22+/m0/s1. The number of hydrogen-bond donors (Lipinski definition) is 0. The van der Waals surface area contributed by atoms with Crippen LogP contribution in [0.15, 0.2) is 54.6 Å². The first-order chi connectivity index (χ1) is 10.5. The van der Waals surface area contributed by atoms with Crippen molar-refractivity contribution in [1.82, 2.24) is 0 Å². The lowest BCUT2D eigenvalue weighted by molar-refractivity contribution is -0.117. The van der Waals surface area contributed by atoms with Crippen LogP contribution in [0.5, 0.6) is 0 Å². The highest BCUT2D eigenvalue weighted by atomic mass is 32.2. The Labute approximate surface area is 134 Å². The molecule has 0 unspecified atom stereocenters. The average Bonchev–Trinajstić information content (AvgIpc) is 2.53. The molecule has 0 spiro atoms. The third kappa shape index (κ3) is 4.04. The minimum Gasteiger partial charge on any atom is -0.314 e. The van der Waals surface area contributed by atoms with Gasteiger partial charge in [-0.3, -0.25) is 9.00 Å². The molecule has 0 bridgehead atoms. The zero-order chi connectivity index (χ0) is 16.1. The van der Waals surface area contributed by atoms with Crippen LogP contribution in [0.2, 0.25) is 0 Å². The van der Waals surface area contributed by atoms with Crippen molar-refractivity contribution in [1.29, 1.82) is 0 Å². The first-order valence-electron chi connectivity index (χ1n) is 7.24. The third-order valence-electron chi connectivity index (χ3n) is 3.61. The Morgan fingerprint density at radius 1 is 1.14 bits per heavy atom. The van der Waals surface area contributed by atoms with Gasteiger partial charge in [0, 0.05) is 29.3 Å². The molecule has 0 heterocycles. The third-order valence-corrected chi connectivity index (χ3v) is 5.22. The van der Waals surface area contributed by atoms with E-state index in [4.69, 9.17) is 0 Å². The summed E-state index contributed by atoms with van der Waals surface area (Å²) in [7, 11) is 0.481. The summed E-state index contributed by atoms with van der Waals surface area (Å²) in [5.41, 5.74) is 2.95. The molecule has 2 rings (SSSR count). The van der Waals surface area contributed by atoms with Crippen LogP contribution < -0.4 is 4.90 Å². The van der Waals surface area contributed by atoms with E-state index in [2.05, 4.69) is 0 Å². The molecule has 0 saturated heterocycles. The van der Waals surface area contributed by atoms with Gasteiger partial charge in [0.05, 0.1) is 0 Å². The van der Waals surface area contributed by atoms with E-state index < -0.39 is 16.0 Å². The van der Waals surface area contributed by atoms with Crippen molar-refractivity contribution in [2.45, 2.75) is 24.9 Å². The first-order valence-corrected chi connectivity index (χ1v) is 8.62. The second-order valence-corrected chi connectivity index (χ2v) is 7.15. The molecule has 0 aliphatic rings. The van der Waals surface area contributed by atoms with E-state index >= 15 is 0 Å². The van der Waals surface area contributed by atoms with Crippen LogP contribution in [0.3, 0.4) is 0 Å². The molecule has 0 radical (unpaired) electrons. The first kappa shape index (κ1) is 16.4. The second-order valence-electron chi connectivity index (χ2n) is 5.39. The van der Waals surface area contributed by atoms with Gasteiger partial charge in [0.2, 0.25) is 5.91 Å². The normalized spacial score (nSPS) is 13.4. The van der Waals surface area contributed by atoms with Gasteiger partial charge in [0.25, 0.3) is 0 Å². The number of para-hydroxylation sites is 1. The number of rotatable bonds is 5. The molecule has 3 nitrogen and oxygen atoms in total. The number of anilines is 1. The molecule has 22 heavy (non-hydrogen) atoms. The fourth-order valence-electron chi connectivity index (χ4n) is 2.26. The van der Waals surface area contributed by atoms with Gasteiger partial charge in [0.15, 0.2) is 0 Å². The number of amides is 1. The van der Waals surface area contributed by atoms with E-state index in [-0.39, 0.29) is 5.91 Å². The smallest absolute Gasteiger partial charge is 0.242 e. The van der Waals surface area contributed by atoms with Crippen LogP contribution in [-0.4, -0.2) is 22.4 Å². The summed E-state index contributed by atoms with van der Waals surface area (Å²) in [6, 6.07) is 17.3.